The standard InChI is InChI=1S/C10H19F3/c1-4-9(7-8(2)3)5-6-10(11,12)13/h8-9H,4-7H2,1-3H3/t9-/m1/s1. The van der Waals surface area contributed by atoms with Gasteiger partial charge in [0.05, 0.1) is 0 Å². The molecule has 0 fully saturated rings. The second-order valence-corrected chi connectivity index (χ2v) is 4.06. The Hall–Kier alpha value is -0.210. The molecule has 0 rings (SSSR count). The van der Waals surface area contributed by atoms with E-state index in [0.29, 0.717) is 5.92 Å². The summed E-state index contributed by atoms with van der Waals surface area (Å²) < 4.78 is 35.7. The fourth-order valence-electron chi connectivity index (χ4n) is 1.52. The van der Waals surface area contributed by atoms with E-state index < -0.39 is 12.6 Å². The van der Waals surface area contributed by atoms with Crippen LogP contribution in [-0.4, -0.2) is 6.18 Å². The van der Waals surface area contributed by atoms with Gasteiger partial charge in [-0.15, -0.1) is 0 Å². The first-order chi connectivity index (χ1) is 5.85. The van der Waals surface area contributed by atoms with E-state index in [-0.39, 0.29) is 12.3 Å². The van der Waals surface area contributed by atoms with E-state index in [0.717, 1.165) is 12.8 Å². The van der Waals surface area contributed by atoms with E-state index in [1.807, 2.05) is 6.92 Å². The highest BCUT2D eigenvalue weighted by Crippen LogP contribution is 2.28. The van der Waals surface area contributed by atoms with Gasteiger partial charge in [-0.25, -0.2) is 0 Å². The zero-order chi connectivity index (χ0) is 10.5. The van der Waals surface area contributed by atoms with Crippen molar-refractivity contribution in [3.63, 3.8) is 0 Å². The zero-order valence-corrected chi connectivity index (χ0v) is 8.62. The van der Waals surface area contributed by atoms with Gasteiger partial charge in [-0.1, -0.05) is 27.2 Å². The summed E-state index contributed by atoms with van der Waals surface area (Å²) in [6.07, 6.45) is -2.55. The minimum Gasteiger partial charge on any atom is -0.171 e. The molecule has 0 amide bonds. The Labute approximate surface area is 78.5 Å². The molecule has 0 nitrogen and oxygen atoms in total. The van der Waals surface area contributed by atoms with Gasteiger partial charge in [0.1, 0.15) is 0 Å². The Morgan fingerprint density at radius 2 is 1.69 bits per heavy atom. The lowest BCUT2D eigenvalue weighted by Gasteiger charge is -2.17. The average Bonchev–Trinajstić information content (AvgIpc) is 1.95. The van der Waals surface area contributed by atoms with E-state index in [1.54, 1.807) is 0 Å². The van der Waals surface area contributed by atoms with Crippen LogP contribution in [0.1, 0.15) is 46.5 Å². The van der Waals surface area contributed by atoms with Crippen LogP contribution in [-0.2, 0) is 0 Å². The second-order valence-electron chi connectivity index (χ2n) is 4.06. The zero-order valence-electron chi connectivity index (χ0n) is 8.62. The van der Waals surface area contributed by atoms with Gasteiger partial charge in [-0.3, -0.25) is 0 Å². The molecule has 0 aromatic heterocycles. The molecule has 0 heterocycles. The molecule has 0 aromatic carbocycles. The van der Waals surface area contributed by atoms with Gasteiger partial charge in [0.15, 0.2) is 0 Å². The highest BCUT2D eigenvalue weighted by molar-refractivity contribution is 4.62. The van der Waals surface area contributed by atoms with Crippen molar-refractivity contribution in [2.24, 2.45) is 11.8 Å². The van der Waals surface area contributed by atoms with Crippen molar-refractivity contribution in [1.82, 2.24) is 0 Å². The van der Waals surface area contributed by atoms with Gasteiger partial charge >= 0.3 is 6.18 Å². The summed E-state index contributed by atoms with van der Waals surface area (Å²) in [7, 11) is 0. The minimum atomic E-state index is -3.98. The van der Waals surface area contributed by atoms with Gasteiger partial charge in [0.2, 0.25) is 0 Å². The van der Waals surface area contributed by atoms with E-state index in [4.69, 9.17) is 0 Å². The van der Waals surface area contributed by atoms with Crippen LogP contribution < -0.4 is 0 Å². The van der Waals surface area contributed by atoms with Crippen LogP contribution in [0.3, 0.4) is 0 Å². The Kier molecular flexibility index (Phi) is 5.42. The van der Waals surface area contributed by atoms with Crippen molar-refractivity contribution in [3.05, 3.63) is 0 Å². The number of rotatable bonds is 5. The van der Waals surface area contributed by atoms with Crippen LogP contribution in [0.4, 0.5) is 13.2 Å². The molecule has 0 aliphatic carbocycles. The molecule has 0 aliphatic rings. The summed E-state index contributed by atoms with van der Waals surface area (Å²) in [4.78, 5) is 0. The number of halogens is 3. The third-order valence-corrected chi connectivity index (χ3v) is 2.22. The second kappa shape index (κ2) is 5.51. The normalized spacial score (nSPS) is 15.0. The van der Waals surface area contributed by atoms with Crippen molar-refractivity contribution in [2.75, 3.05) is 0 Å². The summed E-state index contributed by atoms with van der Waals surface area (Å²) in [5, 5.41) is 0. The first-order valence-corrected chi connectivity index (χ1v) is 4.92. The highest BCUT2D eigenvalue weighted by atomic mass is 19.4. The lowest BCUT2D eigenvalue weighted by Crippen LogP contribution is -2.12. The molecule has 0 radical (unpaired) electrons. The Morgan fingerprint density at radius 3 is 2.00 bits per heavy atom. The molecule has 0 aromatic rings. The molecule has 0 spiro atoms. The van der Waals surface area contributed by atoms with Crippen LogP contribution >= 0.6 is 0 Å². The first-order valence-electron chi connectivity index (χ1n) is 4.92. The quantitative estimate of drug-likeness (QED) is 0.611. The Bertz CT molecular complexity index is 127. The first kappa shape index (κ1) is 12.8. The fraction of sp³-hybridized carbons (Fsp3) is 1.00. The Morgan fingerprint density at radius 1 is 1.15 bits per heavy atom. The van der Waals surface area contributed by atoms with Crippen LogP contribution in [0.25, 0.3) is 0 Å². The summed E-state index contributed by atoms with van der Waals surface area (Å²) in [5.74, 6) is 0.736. The maximum Gasteiger partial charge on any atom is 0.389 e. The number of alkyl halides is 3. The third-order valence-electron chi connectivity index (χ3n) is 2.22. The molecular weight excluding hydrogens is 177 g/mol. The van der Waals surface area contributed by atoms with Crippen molar-refractivity contribution in [2.45, 2.75) is 52.6 Å². The topological polar surface area (TPSA) is 0 Å². The van der Waals surface area contributed by atoms with Crippen LogP contribution in [0.5, 0.6) is 0 Å². The van der Waals surface area contributed by atoms with Crippen LogP contribution in [0.15, 0.2) is 0 Å². The maximum absolute atomic E-state index is 11.9. The van der Waals surface area contributed by atoms with Crippen molar-refractivity contribution in [1.29, 1.82) is 0 Å². The highest BCUT2D eigenvalue weighted by Gasteiger charge is 2.27. The molecule has 3 heteroatoms. The molecule has 13 heavy (non-hydrogen) atoms. The van der Waals surface area contributed by atoms with Crippen molar-refractivity contribution in [3.8, 4) is 0 Å². The molecule has 0 unspecified atom stereocenters. The molecule has 80 valence electrons. The van der Waals surface area contributed by atoms with E-state index in [9.17, 15) is 13.2 Å². The summed E-state index contributed by atoms with van der Waals surface area (Å²) in [5.41, 5.74) is 0. The molecule has 0 N–H and O–H groups in total. The molecule has 0 saturated carbocycles. The van der Waals surface area contributed by atoms with Gasteiger partial charge in [0, 0.05) is 6.42 Å². The average molecular weight is 196 g/mol. The van der Waals surface area contributed by atoms with Gasteiger partial charge in [-0.05, 0) is 24.7 Å². The smallest absolute Gasteiger partial charge is 0.171 e. The Balaban J connectivity index is 3.72. The summed E-state index contributed by atoms with van der Waals surface area (Å²) in [6, 6.07) is 0. The van der Waals surface area contributed by atoms with Gasteiger partial charge in [0.25, 0.3) is 0 Å². The minimum absolute atomic E-state index is 0.238. The number of hydrogen-bond acceptors (Lipinski definition) is 0. The lowest BCUT2D eigenvalue weighted by molar-refractivity contribution is -0.137. The SMILES string of the molecule is CC[C@H](CCC(F)(F)F)CC(C)C. The largest absolute Gasteiger partial charge is 0.389 e. The predicted molar refractivity (Wildman–Crippen MR) is 48.5 cm³/mol. The molecule has 0 aliphatic heterocycles. The summed E-state index contributed by atoms with van der Waals surface area (Å²) >= 11 is 0. The van der Waals surface area contributed by atoms with E-state index >= 15 is 0 Å². The summed E-state index contributed by atoms with van der Waals surface area (Å²) in [6.45, 7) is 6.07. The van der Waals surface area contributed by atoms with Crippen LogP contribution in [0, 0.1) is 11.8 Å². The van der Waals surface area contributed by atoms with E-state index in [1.165, 1.54) is 0 Å². The van der Waals surface area contributed by atoms with E-state index in [2.05, 4.69) is 13.8 Å². The molecular formula is C10H19F3. The monoisotopic (exact) mass is 196 g/mol. The van der Waals surface area contributed by atoms with Crippen molar-refractivity contribution < 1.29 is 13.2 Å². The predicted octanol–water partition coefficient (Wildman–Crippen LogP) is 4.40. The lowest BCUT2D eigenvalue weighted by atomic mass is 9.91. The number of hydrogen-bond donors (Lipinski definition) is 0. The van der Waals surface area contributed by atoms with Gasteiger partial charge in [-0.2, -0.15) is 13.2 Å². The van der Waals surface area contributed by atoms with Crippen molar-refractivity contribution >= 4 is 0 Å². The van der Waals surface area contributed by atoms with Gasteiger partial charge < -0.3 is 0 Å². The molecule has 1 atom stereocenters. The fourth-order valence-corrected chi connectivity index (χ4v) is 1.52. The third kappa shape index (κ3) is 8.13. The van der Waals surface area contributed by atoms with Crippen LogP contribution in [0.2, 0.25) is 0 Å². The molecule has 0 saturated heterocycles. The molecule has 0 bridgehead atoms. The maximum atomic E-state index is 11.9.